The Hall–Kier alpha value is -1.72. The van der Waals surface area contributed by atoms with Crippen LogP contribution in [0, 0.1) is 17.3 Å². The number of hydrogen-bond donors (Lipinski definition) is 0. The van der Waals surface area contributed by atoms with Gasteiger partial charge in [-0.15, -0.1) is 0 Å². The molecule has 0 N–H and O–H groups in total. The molecule has 1 aromatic rings. The summed E-state index contributed by atoms with van der Waals surface area (Å²) in [5, 5.41) is 0. The van der Waals surface area contributed by atoms with E-state index in [-0.39, 0.29) is 18.1 Å². The number of Topliss-reactive ketones (excluding diaryl/α,β-unsaturated/α-hetero) is 1. The van der Waals surface area contributed by atoms with Crippen molar-refractivity contribution in [2.24, 2.45) is 17.3 Å². The Kier molecular flexibility index (Phi) is 7.91. The van der Waals surface area contributed by atoms with Crippen LogP contribution in [-0.2, 0) is 16.0 Å². The van der Waals surface area contributed by atoms with Crippen molar-refractivity contribution >= 4 is 17.4 Å². The fourth-order valence-corrected chi connectivity index (χ4v) is 5.91. The summed E-state index contributed by atoms with van der Waals surface area (Å²) >= 11 is 0. The second kappa shape index (κ2) is 10.7. The van der Waals surface area contributed by atoms with E-state index in [0.29, 0.717) is 18.4 Å². The highest BCUT2D eigenvalue weighted by molar-refractivity contribution is 6.08. The first-order valence-electron chi connectivity index (χ1n) is 13.1. The number of carbonyl (C=O) groups is 2. The van der Waals surface area contributed by atoms with Gasteiger partial charge in [-0.1, -0.05) is 32.9 Å². The lowest BCUT2D eigenvalue weighted by Crippen LogP contribution is -2.43. The number of hydrogen-bond acceptors (Lipinski definition) is 4. The van der Waals surface area contributed by atoms with Crippen molar-refractivity contribution in [2.75, 3.05) is 50.7 Å². The van der Waals surface area contributed by atoms with E-state index in [1.54, 1.807) is 4.90 Å². The number of amides is 1. The largest absolute Gasteiger partial charge is 0.312 e. The summed E-state index contributed by atoms with van der Waals surface area (Å²) in [5.41, 5.74) is 2.68. The number of rotatable bonds is 6. The van der Waals surface area contributed by atoms with Gasteiger partial charge in [0.2, 0.25) is 5.91 Å². The molecule has 0 unspecified atom stereocenters. The van der Waals surface area contributed by atoms with Gasteiger partial charge in [-0.2, -0.15) is 0 Å². The van der Waals surface area contributed by atoms with E-state index in [0.717, 1.165) is 23.9 Å². The summed E-state index contributed by atoms with van der Waals surface area (Å²) in [6.45, 7) is 15.0. The van der Waals surface area contributed by atoms with Gasteiger partial charge >= 0.3 is 0 Å². The zero-order valence-corrected chi connectivity index (χ0v) is 21.0. The van der Waals surface area contributed by atoms with Crippen LogP contribution in [0.4, 0.5) is 5.69 Å². The van der Waals surface area contributed by atoms with E-state index < -0.39 is 0 Å². The highest BCUT2D eigenvalue weighted by Crippen LogP contribution is 2.28. The first kappa shape index (κ1) is 24.4. The van der Waals surface area contributed by atoms with Gasteiger partial charge in [0.25, 0.3) is 0 Å². The normalized spacial score (nSPS) is 22.8. The number of anilines is 1. The first-order valence-corrected chi connectivity index (χ1v) is 13.1. The van der Waals surface area contributed by atoms with Crippen LogP contribution >= 0.6 is 0 Å². The lowest BCUT2D eigenvalue weighted by atomic mass is 9.88. The molecule has 0 atom stereocenters. The maximum absolute atomic E-state index is 12.3. The Morgan fingerprint density at radius 2 is 1.55 bits per heavy atom. The highest BCUT2D eigenvalue weighted by Gasteiger charge is 2.27. The molecule has 0 saturated carbocycles. The average Bonchev–Trinajstić information content (AvgIpc) is 2.76. The van der Waals surface area contributed by atoms with E-state index in [9.17, 15) is 9.59 Å². The van der Waals surface area contributed by atoms with Crippen molar-refractivity contribution in [3.63, 3.8) is 0 Å². The maximum Gasteiger partial charge on any atom is 0.234 e. The lowest BCUT2D eigenvalue weighted by molar-refractivity contribution is -0.128. The SMILES string of the molecule is CC(C)(C)CN1CCC(CN2CCC(Cc3cccc(N4CCC(=O)CC4=O)c3)CC2)CC1. The summed E-state index contributed by atoms with van der Waals surface area (Å²) in [4.78, 5) is 31.0. The number of nitrogens with zero attached hydrogens (tertiary/aromatic N) is 3. The van der Waals surface area contributed by atoms with E-state index in [1.165, 1.54) is 70.5 Å². The highest BCUT2D eigenvalue weighted by atomic mass is 16.2. The number of ketones is 1. The molecule has 33 heavy (non-hydrogen) atoms. The Bertz CT molecular complexity index is 815. The van der Waals surface area contributed by atoms with Crippen LogP contribution in [0.15, 0.2) is 24.3 Å². The standard InChI is InChI=1S/C28H43N3O2/c1-28(2,3)21-30-14-9-23(10-15-30)20-29-12-7-22(8-13-29)17-24-5-4-6-25(18-24)31-16-11-26(32)19-27(31)33/h4-6,18,22-23H,7-17,19-21H2,1-3H3. The third-order valence-electron chi connectivity index (χ3n) is 7.64. The van der Waals surface area contributed by atoms with Gasteiger partial charge in [0.15, 0.2) is 0 Å². The molecule has 0 aliphatic carbocycles. The Balaban J connectivity index is 1.20. The monoisotopic (exact) mass is 453 g/mol. The summed E-state index contributed by atoms with van der Waals surface area (Å²) in [5.74, 6) is 1.60. The van der Waals surface area contributed by atoms with Crippen LogP contribution in [0.2, 0.25) is 0 Å². The fourth-order valence-electron chi connectivity index (χ4n) is 5.91. The molecule has 3 aliphatic heterocycles. The smallest absolute Gasteiger partial charge is 0.234 e. The first-order chi connectivity index (χ1) is 15.7. The zero-order chi connectivity index (χ0) is 23.4. The van der Waals surface area contributed by atoms with E-state index in [4.69, 9.17) is 0 Å². The molecule has 0 bridgehead atoms. The lowest BCUT2D eigenvalue weighted by Gasteiger charge is -2.39. The molecule has 3 heterocycles. The Morgan fingerprint density at radius 3 is 2.21 bits per heavy atom. The van der Waals surface area contributed by atoms with Gasteiger partial charge < -0.3 is 14.7 Å². The molecule has 1 aromatic carbocycles. The van der Waals surface area contributed by atoms with Crippen LogP contribution in [0.1, 0.15) is 64.9 Å². The molecular weight excluding hydrogens is 410 g/mol. The van der Waals surface area contributed by atoms with Gasteiger partial charge in [0.05, 0.1) is 6.42 Å². The summed E-state index contributed by atoms with van der Waals surface area (Å²) in [7, 11) is 0. The van der Waals surface area contributed by atoms with Crippen LogP contribution in [-0.4, -0.2) is 67.3 Å². The summed E-state index contributed by atoms with van der Waals surface area (Å²) in [6.07, 6.45) is 6.86. The molecular formula is C28H43N3O2. The molecule has 182 valence electrons. The molecule has 3 fully saturated rings. The van der Waals surface area contributed by atoms with Gasteiger partial charge in [-0.05, 0) is 93.2 Å². The van der Waals surface area contributed by atoms with Gasteiger partial charge in [-0.25, -0.2) is 0 Å². The predicted octanol–water partition coefficient (Wildman–Crippen LogP) is 4.40. The number of piperidine rings is 3. The van der Waals surface area contributed by atoms with Crippen molar-refractivity contribution in [1.29, 1.82) is 0 Å². The Morgan fingerprint density at radius 1 is 0.879 bits per heavy atom. The van der Waals surface area contributed by atoms with Crippen molar-refractivity contribution < 1.29 is 9.59 Å². The van der Waals surface area contributed by atoms with Crippen molar-refractivity contribution in [3.05, 3.63) is 29.8 Å². The minimum atomic E-state index is -0.0547. The quantitative estimate of drug-likeness (QED) is 0.599. The number of benzene rings is 1. The van der Waals surface area contributed by atoms with Gasteiger partial charge in [0.1, 0.15) is 5.78 Å². The Labute approximate surface area is 200 Å². The third kappa shape index (κ3) is 7.13. The van der Waals surface area contributed by atoms with Crippen molar-refractivity contribution in [3.8, 4) is 0 Å². The molecule has 5 nitrogen and oxygen atoms in total. The van der Waals surface area contributed by atoms with Crippen molar-refractivity contribution in [1.82, 2.24) is 9.80 Å². The minimum Gasteiger partial charge on any atom is -0.312 e. The van der Waals surface area contributed by atoms with E-state index in [1.807, 2.05) is 6.07 Å². The maximum atomic E-state index is 12.3. The third-order valence-corrected chi connectivity index (χ3v) is 7.64. The van der Waals surface area contributed by atoms with Gasteiger partial charge in [-0.3, -0.25) is 9.59 Å². The molecule has 4 rings (SSSR count). The second-order valence-corrected chi connectivity index (χ2v) is 11.9. The second-order valence-electron chi connectivity index (χ2n) is 11.9. The van der Waals surface area contributed by atoms with E-state index in [2.05, 4.69) is 48.8 Å². The van der Waals surface area contributed by atoms with Gasteiger partial charge in [0, 0.05) is 31.7 Å². The van der Waals surface area contributed by atoms with Crippen LogP contribution in [0.5, 0.6) is 0 Å². The van der Waals surface area contributed by atoms with Crippen molar-refractivity contribution in [2.45, 2.75) is 65.7 Å². The number of likely N-dealkylation sites (tertiary alicyclic amines) is 2. The minimum absolute atomic E-state index is 0.0539. The molecule has 0 spiro atoms. The fraction of sp³-hybridized carbons (Fsp3) is 0.714. The number of carbonyl (C=O) groups excluding carboxylic acids is 2. The average molecular weight is 454 g/mol. The van der Waals surface area contributed by atoms with Crippen LogP contribution in [0.3, 0.4) is 0 Å². The molecule has 3 aliphatic rings. The van der Waals surface area contributed by atoms with Crippen LogP contribution in [0.25, 0.3) is 0 Å². The molecule has 3 saturated heterocycles. The topological polar surface area (TPSA) is 43.9 Å². The summed E-state index contributed by atoms with van der Waals surface area (Å²) < 4.78 is 0. The molecule has 0 radical (unpaired) electrons. The van der Waals surface area contributed by atoms with Crippen LogP contribution < -0.4 is 4.90 Å². The molecule has 0 aromatic heterocycles. The summed E-state index contributed by atoms with van der Waals surface area (Å²) in [6, 6.07) is 8.44. The molecule has 5 heteroatoms. The zero-order valence-electron chi connectivity index (χ0n) is 21.0. The predicted molar refractivity (Wildman–Crippen MR) is 135 cm³/mol. The molecule has 1 amide bonds. The van der Waals surface area contributed by atoms with E-state index >= 15 is 0 Å².